The van der Waals surface area contributed by atoms with Gasteiger partial charge in [-0.1, -0.05) is 13.8 Å². The minimum atomic E-state index is -1.41. The summed E-state index contributed by atoms with van der Waals surface area (Å²) in [6.45, 7) is 5.11. The molecule has 0 aliphatic rings. The highest BCUT2D eigenvalue weighted by molar-refractivity contribution is 7.80. The van der Waals surface area contributed by atoms with E-state index in [4.69, 9.17) is 16.6 Å². The minimum absolute atomic E-state index is 0.0214. The molecular weight excluding hydrogens is 390 g/mol. The molecule has 28 heavy (non-hydrogen) atoms. The second-order valence-electron chi connectivity index (χ2n) is 6.79. The van der Waals surface area contributed by atoms with Crippen molar-refractivity contribution in [2.45, 2.75) is 57.8 Å². The minimum Gasteiger partial charge on any atom is -0.480 e. The molecular formula is C16H29N5O6S. The van der Waals surface area contributed by atoms with Gasteiger partial charge < -0.3 is 32.5 Å². The number of carboxylic acid groups (broad SMARTS) is 1. The summed E-state index contributed by atoms with van der Waals surface area (Å²) in [7, 11) is 0. The first-order valence-corrected chi connectivity index (χ1v) is 9.30. The van der Waals surface area contributed by atoms with Crippen LogP contribution in [0, 0.1) is 5.92 Å². The topological polar surface area (TPSA) is 194 Å². The van der Waals surface area contributed by atoms with Crippen LogP contribution in [-0.2, 0) is 24.0 Å². The van der Waals surface area contributed by atoms with Crippen LogP contribution in [0.15, 0.2) is 0 Å². The number of amides is 4. The molecule has 0 bridgehead atoms. The quantitative estimate of drug-likeness (QED) is 0.173. The van der Waals surface area contributed by atoms with Crippen molar-refractivity contribution in [1.29, 1.82) is 0 Å². The molecule has 0 spiro atoms. The fourth-order valence-corrected chi connectivity index (χ4v) is 2.39. The molecule has 4 amide bonds. The number of carbonyl (C=O) groups excluding carboxylic acids is 4. The van der Waals surface area contributed by atoms with Gasteiger partial charge >= 0.3 is 5.97 Å². The Kier molecular flexibility index (Phi) is 11.2. The Bertz CT molecular complexity index is 598. The number of carboxylic acids is 1. The summed E-state index contributed by atoms with van der Waals surface area (Å²) in [5.74, 6) is -4.56. The molecule has 0 saturated heterocycles. The van der Waals surface area contributed by atoms with Gasteiger partial charge in [-0.2, -0.15) is 12.6 Å². The van der Waals surface area contributed by atoms with Crippen molar-refractivity contribution in [2.75, 3.05) is 5.75 Å². The first-order chi connectivity index (χ1) is 12.9. The molecule has 0 heterocycles. The fourth-order valence-electron chi connectivity index (χ4n) is 2.15. The molecule has 0 aliphatic heterocycles. The number of carbonyl (C=O) groups is 5. The lowest BCUT2D eigenvalue weighted by Crippen LogP contribution is -2.58. The fraction of sp³-hybridized carbons (Fsp3) is 0.688. The van der Waals surface area contributed by atoms with E-state index in [1.54, 1.807) is 0 Å². The molecule has 0 fully saturated rings. The van der Waals surface area contributed by atoms with E-state index in [1.165, 1.54) is 6.92 Å². The summed E-state index contributed by atoms with van der Waals surface area (Å²) in [4.78, 5) is 59.1. The lowest BCUT2D eigenvalue weighted by atomic mass is 10.0. The van der Waals surface area contributed by atoms with Crippen LogP contribution in [0.1, 0.15) is 33.6 Å². The van der Waals surface area contributed by atoms with Gasteiger partial charge in [0.1, 0.15) is 18.1 Å². The largest absolute Gasteiger partial charge is 0.480 e. The zero-order chi connectivity index (χ0) is 22.0. The molecule has 0 rings (SSSR count). The van der Waals surface area contributed by atoms with E-state index in [9.17, 15) is 24.0 Å². The number of primary amides is 1. The smallest absolute Gasteiger partial charge is 0.327 e. The van der Waals surface area contributed by atoms with Crippen LogP contribution in [-0.4, -0.2) is 64.6 Å². The molecule has 8 N–H and O–H groups in total. The van der Waals surface area contributed by atoms with Crippen LogP contribution in [0.25, 0.3) is 0 Å². The third-order valence-electron chi connectivity index (χ3n) is 3.59. The van der Waals surface area contributed by atoms with Crippen LogP contribution in [0.3, 0.4) is 0 Å². The van der Waals surface area contributed by atoms with E-state index in [0.717, 1.165) is 0 Å². The number of hydrogen-bond donors (Lipinski definition) is 7. The lowest BCUT2D eigenvalue weighted by Gasteiger charge is -2.25. The Morgan fingerprint density at radius 3 is 1.75 bits per heavy atom. The van der Waals surface area contributed by atoms with Crippen molar-refractivity contribution >= 4 is 42.2 Å². The molecule has 12 heteroatoms. The van der Waals surface area contributed by atoms with Crippen molar-refractivity contribution in [1.82, 2.24) is 16.0 Å². The Labute approximate surface area is 168 Å². The summed E-state index contributed by atoms with van der Waals surface area (Å²) in [5.41, 5.74) is 10.6. The standard InChI is InChI=1S/C16H29N5O6S/c1-7(2)4-9(19-13(23)8(3)17)14(24)20-10(5-12(18)22)15(25)21-11(6-28)16(26)27/h7-11,28H,4-6,17H2,1-3H3,(H2,18,22)(H,19,23)(H,20,24)(H,21,25)(H,26,27). The first-order valence-electron chi connectivity index (χ1n) is 8.67. The predicted molar refractivity (Wildman–Crippen MR) is 104 cm³/mol. The summed E-state index contributed by atoms with van der Waals surface area (Å²) in [6, 6.07) is -4.57. The molecule has 0 aromatic heterocycles. The van der Waals surface area contributed by atoms with Gasteiger partial charge in [-0.3, -0.25) is 19.2 Å². The molecule has 160 valence electrons. The Morgan fingerprint density at radius 2 is 1.36 bits per heavy atom. The zero-order valence-electron chi connectivity index (χ0n) is 16.1. The SMILES string of the molecule is CC(C)CC(NC(=O)C(C)N)C(=O)NC(CC(N)=O)C(=O)NC(CS)C(=O)O. The number of rotatable bonds is 12. The van der Waals surface area contributed by atoms with E-state index in [-0.39, 0.29) is 18.1 Å². The van der Waals surface area contributed by atoms with Gasteiger partial charge in [-0.25, -0.2) is 4.79 Å². The highest BCUT2D eigenvalue weighted by Gasteiger charge is 2.30. The average Bonchev–Trinajstić information content (AvgIpc) is 2.56. The molecule has 0 radical (unpaired) electrons. The van der Waals surface area contributed by atoms with Crippen LogP contribution < -0.4 is 27.4 Å². The number of thiol groups is 1. The summed E-state index contributed by atoms with van der Waals surface area (Å²) in [6.07, 6.45) is -0.296. The average molecular weight is 420 g/mol. The van der Waals surface area contributed by atoms with Gasteiger partial charge in [0.15, 0.2) is 0 Å². The number of nitrogens with one attached hydrogen (secondary N) is 3. The van der Waals surface area contributed by atoms with E-state index in [2.05, 4.69) is 28.6 Å². The van der Waals surface area contributed by atoms with E-state index < -0.39 is 60.2 Å². The van der Waals surface area contributed by atoms with E-state index in [0.29, 0.717) is 0 Å². The third kappa shape index (κ3) is 9.55. The van der Waals surface area contributed by atoms with Crippen LogP contribution in [0.4, 0.5) is 0 Å². The van der Waals surface area contributed by atoms with Crippen molar-refractivity contribution < 1.29 is 29.1 Å². The van der Waals surface area contributed by atoms with Crippen molar-refractivity contribution in [3.8, 4) is 0 Å². The van der Waals surface area contributed by atoms with Gasteiger partial charge in [0.05, 0.1) is 12.5 Å². The molecule has 0 aromatic rings. The summed E-state index contributed by atoms with van der Waals surface area (Å²) in [5, 5.41) is 16.0. The van der Waals surface area contributed by atoms with E-state index in [1.807, 2.05) is 13.8 Å². The van der Waals surface area contributed by atoms with Gasteiger partial charge in [-0.15, -0.1) is 0 Å². The summed E-state index contributed by atoms with van der Waals surface area (Å²) < 4.78 is 0. The van der Waals surface area contributed by atoms with Crippen LogP contribution in [0.5, 0.6) is 0 Å². The molecule has 0 aliphatic carbocycles. The molecule has 0 aromatic carbocycles. The van der Waals surface area contributed by atoms with Crippen molar-refractivity contribution in [3.63, 3.8) is 0 Å². The number of aliphatic carboxylic acids is 1. The summed E-state index contributed by atoms with van der Waals surface area (Å²) >= 11 is 3.83. The molecule has 4 atom stereocenters. The van der Waals surface area contributed by atoms with Gasteiger partial charge in [0.25, 0.3) is 0 Å². The van der Waals surface area contributed by atoms with E-state index >= 15 is 0 Å². The Hall–Kier alpha value is -2.34. The lowest BCUT2D eigenvalue weighted by molar-refractivity contribution is -0.141. The number of nitrogens with two attached hydrogens (primary N) is 2. The molecule has 11 nitrogen and oxygen atoms in total. The highest BCUT2D eigenvalue weighted by atomic mass is 32.1. The maximum absolute atomic E-state index is 12.6. The van der Waals surface area contributed by atoms with Crippen molar-refractivity contribution in [2.24, 2.45) is 17.4 Å². The highest BCUT2D eigenvalue weighted by Crippen LogP contribution is 2.07. The Balaban J connectivity index is 5.36. The van der Waals surface area contributed by atoms with Gasteiger partial charge in [-0.05, 0) is 19.3 Å². The maximum atomic E-state index is 12.6. The Morgan fingerprint density at radius 1 is 0.893 bits per heavy atom. The normalized spacial score (nSPS) is 15.1. The number of hydrogen-bond acceptors (Lipinski definition) is 7. The zero-order valence-corrected chi connectivity index (χ0v) is 17.0. The molecule has 0 saturated carbocycles. The second kappa shape index (κ2) is 12.2. The van der Waals surface area contributed by atoms with Gasteiger partial charge in [0, 0.05) is 5.75 Å². The predicted octanol–water partition coefficient (Wildman–Crippen LogP) is -2.28. The monoisotopic (exact) mass is 419 g/mol. The second-order valence-corrected chi connectivity index (χ2v) is 7.16. The van der Waals surface area contributed by atoms with Crippen LogP contribution in [0.2, 0.25) is 0 Å². The first kappa shape index (κ1) is 25.7. The maximum Gasteiger partial charge on any atom is 0.327 e. The van der Waals surface area contributed by atoms with Gasteiger partial charge in [0.2, 0.25) is 23.6 Å². The van der Waals surface area contributed by atoms with Crippen LogP contribution >= 0.6 is 12.6 Å². The third-order valence-corrected chi connectivity index (χ3v) is 3.95. The molecule has 4 unspecified atom stereocenters. The van der Waals surface area contributed by atoms with Crippen molar-refractivity contribution in [3.05, 3.63) is 0 Å².